The van der Waals surface area contributed by atoms with Crippen molar-refractivity contribution in [1.82, 2.24) is 0 Å². The zero-order chi connectivity index (χ0) is 25.6. The predicted octanol–water partition coefficient (Wildman–Crippen LogP) is 3.80. The standard InChI is InChI=1S/5C6H6O.V/c5*7-6-4-2-1-3-5-6;/h5*1-5,7H;/p-5. The molecule has 0 heterocycles. The van der Waals surface area contributed by atoms with E-state index >= 15 is 0 Å². The molecule has 0 spiro atoms. The minimum atomic E-state index is 0. The Bertz CT molecular complexity index is 895. The van der Waals surface area contributed by atoms with Crippen LogP contribution in [0.1, 0.15) is 0 Å². The summed E-state index contributed by atoms with van der Waals surface area (Å²) in [6, 6.07) is 41.6. The van der Waals surface area contributed by atoms with Gasteiger partial charge in [-0.2, -0.15) is 0 Å². The summed E-state index contributed by atoms with van der Waals surface area (Å²) in [7, 11) is 0. The summed E-state index contributed by atoms with van der Waals surface area (Å²) in [6.07, 6.45) is 0. The fraction of sp³-hybridized carbons (Fsp3) is 0. The molecule has 5 aromatic rings. The van der Waals surface area contributed by atoms with Gasteiger partial charge < -0.3 is 25.5 Å². The van der Waals surface area contributed by atoms with Crippen LogP contribution >= 0.6 is 0 Å². The Balaban J connectivity index is 0.000000422. The summed E-state index contributed by atoms with van der Waals surface area (Å²) in [4.78, 5) is 0. The molecule has 5 nitrogen and oxygen atoms in total. The van der Waals surface area contributed by atoms with E-state index in [9.17, 15) is 25.5 Å². The van der Waals surface area contributed by atoms with Gasteiger partial charge in [-0.25, -0.2) is 0 Å². The average Bonchev–Trinajstić information content (AvgIpc) is 2.88. The van der Waals surface area contributed by atoms with E-state index in [1.165, 1.54) is 60.7 Å². The molecule has 185 valence electrons. The number of para-hydroxylation sites is 5. The van der Waals surface area contributed by atoms with Crippen LogP contribution in [-0.2, 0) is 18.6 Å². The Labute approximate surface area is 224 Å². The normalized spacial score (nSPS) is 8.33. The van der Waals surface area contributed by atoms with E-state index in [4.69, 9.17) is 0 Å². The first kappa shape index (κ1) is 31.7. The molecular weight excluding hydrogens is 491 g/mol. The first-order valence-corrected chi connectivity index (χ1v) is 10.6. The van der Waals surface area contributed by atoms with E-state index in [1.54, 1.807) is 60.7 Å². The van der Waals surface area contributed by atoms with Crippen LogP contribution in [0.5, 0.6) is 28.7 Å². The molecule has 5 rings (SSSR count). The first-order valence-electron chi connectivity index (χ1n) is 10.6. The number of hydrogen-bond donors (Lipinski definition) is 0. The maximum Gasteiger partial charge on any atom is 0 e. The van der Waals surface area contributed by atoms with Crippen LogP contribution in [-0.4, -0.2) is 0 Å². The average molecular weight is 516 g/mol. The minimum absolute atomic E-state index is 0. The summed E-state index contributed by atoms with van der Waals surface area (Å²) < 4.78 is 0. The monoisotopic (exact) mass is 516 g/mol. The Kier molecular flexibility index (Phi) is 18.7. The second-order valence-corrected chi connectivity index (χ2v) is 6.57. The fourth-order valence-corrected chi connectivity index (χ4v) is 2.10. The predicted molar refractivity (Wildman–Crippen MR) is 129 cm³/mol. The Morgan fingerprint density at radius 1 is 0.222 bits per heavy atom. The first-order chi connectivity index (χ1) is 17.0. The van der Waals surface area contributed by atoms with Gasteiger partial charge in [-0.1, -0.05) is 152 Å². The quantitative estimate of drug-likeness (QED) is 0.311. The van der Waals surface area contributed by atoms with Crippen LogP contribution in [0.15, 0.2) is 152 Å². The van der Waals surface area contributed by atoms with Crippen LogP contribution in [0, 0.1) is 0 Å². The molecule has 0 aliphatic carbocycles. The van der Waals surface area contributed by atoms with Gasteiger partial charge in [-0.15, -0.1) is 28.7 Å². The molecule has 36 heavy (non-hydrogen) atoms. The van der Waals surface area contributed by atoms with Crippen molar-refractivity contribution in [1.29, 1.82) is 0 Å². The molecule has 0 aromatic heterocycles. The largest absolute Gasteiger partial charge is 0.872 e. The molecule has 0 unspecified atom stereocenters. The molecule has 0 N–H and O–H groups in total. The molecule has 0 bridgehead atoms. The van der Waals surface area contributed by atoms with Gasteiger partial charge in [0.1, 0.15) is 0 Å². The second-order valence-electron chi connectivity index (χ2n) is 6.57. The van der Waals surface area contributed by atoms with E-state index in [0.29, 0.717) is 0 Å². The maximum absolute atomic E-state index is 10.3. The van der Waals surface area contributed by atoms with E-state index in [1.807, 2.05) is 30.3 Å². The molecule has 0 fully saturated rings. The minimum Gasteiger partial charge on any atom is -0.872 e. The van der Waals surface area contributed by atoms with E-state index < -0.39 is 0 Å². The number of hydrogen-bond acceptors (Lipinski definition) is 5. The van der Waals surface area contributed by atoms with Gasteiger partial charge in [-0.3, -0.25) is 0 Å². The second kappa shape index (κ2) is 21.2. The van der Waals surface area contributed by atoms with Crippen molar-refractivity contribution in [3.05, 3.63) is 152 Å². The number of rotatable bonds is 0. The van der Waals surface area contributed by atoms with Crippen molar-refractivity contribution >= 4 is 0 Å². The molecule has 0 saturated heterocycles. The summed E-state index contributed by atoms with van der Waals surface area (Å²) in [5.41, 5.74) is 0. The van der Waals surface area contributed by atoms with Crippen molar-refractivity contribution in [3.8, 4) is 28.7 Å². The van der Waals surface area contributed by atoms with Crippen LogP contribution in [0.2, 0.25) is 0 Å². The zero-order valence-electron chi connectivity index (χ0n) is 19.4. The van der Waals surface area contributed by atoms with Gasteiger partial charge >= 0.3 is 0 Å². The molecule has 0 aliphatic heterocycles. The van der Waals surface area contributed by atoms with Gasteiger partial charge in [-0.05, 0) is 0 Å². The Morgan fingerprint density at radius 2 is 0.333 bits per heavy atom. The summed E-state index contributed by atoms with van der Waals surface area (Å²) in [6.45, 7) is 0. The van der Waals surface area contributed by atoms with Gasteiger partial charge in [0.15, 0.2) is 0 Å². The van der Waals surface area contributed by atoms with E-state index in [-0.39, 0.29) is 47.3 Å². The molecule has 0 amide bonds. The van der Waals surface area contributed by atoms with Crippen LogP contribution < -0.4 is 25.5 Å². The number of benzene rings is 5. The van der Waals surface area contributed by atoms with Crippen LogP contribution in [0.4, 0.5) is 0 Å². The molecule has 5 aromatic carbocycles. The Hall–Kier alpha value is -4.32. The fourth-order valence-electron chi connectivity index (χ4n) is 2.10. The summed E-state index contributed by atoms with van der Waals surface area (Å²) >= 11 is 0. The SMILES string of the molecule is [O-]c1ccccc1.[O-]c1ccccc1.[O-]c1ccccc1.[O-]c1ccccc1.[O-]c1ccccc1.[V]. The topological polar surface area (TPSA) is 115 Å². The molecule has 0 aliphatic rings. The summed E-state index contributed by atoms with van der Waals surface area (Å²) in [5.74, 6) is 0.359. The zero-order valence-corrected chi connectivity index (χ0v) is 20.8. The van der Waals surface area contributed by atoms with Crippen molar-refractivity contribution < 1.29 is 44.1 Å². The molecule has 0 atom stereocenters. The molecule has 1 radical (unpaired) electrons. The van der Waals surface area contributed by atoms with Gasteiger partial charge in [0, 0.05) is 18.6 Å². The maximum atomic E-state index is 10.3. The van der Waals surface area contributed by atoms with Crippen molar-refractivity contribution in [3.63, 3.8) is 0 Å². The third-order valence-electron chi connectivity index (χ3n) is 3.72. The van der Waals surface area contributed by atoms with E-state index in [2.05, 4.69) is 0 Å². The van der Waals surface area contributed by atoms with Gasteiger partial charge in [0.2, 0.25) is 0 Å². The van der Waals surface area contributed by atoms with Gasteiger partial charge in [0.05, 0.1) is 0 Å². The van der Waals surface area contributed by atoms with Crippen LogP contribution in [0.3, 0.4) is 0 Å². The molecule has 6 heteroatoms. The molecular formula is C30H25O5V-5. The smallest absolute Gasteiger partial charge is 0 e. The van der Waals surface area contributed by atoms with Crippen molar-refractivity contribution in [2.75, 3.05) is 0 Å². The third kappa shape index (κ3) is 19.2. The third-order valence-corrected chi connectivity index (χ3v) is 3.72. The van der Waals surface area contributed by atoms with Gasteiger partial charge in [0.25, 0.3) is 0 Å². The van der Waals surface area contributed by atoms with Crippen LogP contribution in [0.25, 0.3) is 0 Å². The van der Waals surface area contributed by atoms with Crippen molar-refractivity contribution in [2.45, 2.75) is 0 Å². The van der Waals surface area contributed by atoms with Crippen molar-refractivity contribution in [2.24, 2.45) is 0 Å². The Morgan fingerprint density at radius 3 is 0.389 bits per heavy atom. The molecule has 0 saturated carbocycles. The summed E-state index contributed by atoms with van der Waals surface area (Å²) in [5, 5.41) is 51.3. The van der Waals surface area contributed by atoms with E-state index in [0.717, 1.165) is 0 Å².